The molecule has 0 amide bonds. The Bertz CT molecular complexity index is 765. The quantitative estimate of drug-likeness (QED) is 0.645. The summed E-state index contributed by atoms with van der Waals surface area (Å²) in [6.07, 6.45) is 0. The number of nitrogens with one attached hydrogen (secondary N) is 1. The molecule has 0 spiro atoms. The summed E-state index contributed by atoms with van der Waals surface area (Å²) in [6.45, 7) is 4.65. The molecule has 0 fully saturated rings. The molecule has 0 aliphatic heterocycles. The van der Waals surface area contributed by atoms with Gasteiger partial charge in [0.2, 0.25) is 0 Å². The van der Waals surface area contributed by atoms with Gasteiger partial charge in [-0.1, -0.05) is 17.7 Å². The standard InChI is InChI=1S/C16H20N4O2/c1-10-4-5-11(2)12(8-10)14-9-13(15(17)18)16(21)20(19-14)6-7-22-3/h4-5,8-9H,6-7H2,1-3H3,(H3,17,18). The summed E-state index contributed by atoms with van der Waals surface area (Å²) in [5.41, 5.74) is 9.01. The Kier molecular flexibility index (Phi) is 4.72. The highest BCUT2D eigenvalue weighted by Crippen LogP contribution is 2.22. The van der Waals surface area contributed by atoms with E-state index in [-0.39, 0.29) is 17.0 Å². The molecule has 0 bridgehead atoms. The van der Waals surface area contributed by atoms with Crippen molar-refractivity contribution in [3.05, 3.63) is 51.3 Å². The van der Waals surface area contributed by atoms with Gasteiger partial charge in [0.05, 0.1) is 24.4 Å². The number of amidine groups is 1. The third-order valence-corrected chi connectivity index (χ3v) is 3.44. The molecule has 1 aromatic heterocycles. The molecule has 2 rings (SSSR count). The molecule has 3 N–H and O–H groups in total. The van der Waals surface area contributed by atoms with Crippen LogP contribution in [0.4, 0.5) is 0 Å². The highest BCUT2D eigenvalue weighted by atomic mass is 16.5. The van der Waals surface area contributed by atoms with E-state index in [1.807, 2.05) is 32.0 Å². The molecule has 22 heavy (non-hydrogen) atoms. The lowest BCUT2D eigenvalue weighted by molar-refractivity contribution is 0.182. The van der Waals surface area contributed by atoms with E-state index in [2.05, 4.69) is 5.10 Å². The van der Waals surface area contributed by atoms with Crippen LogP contribution in [0.5, 0.6) is 0 Å². The zero-order valence-corrected chi connectivity index (χ0v) is 13.0. The number of benzene rings is 1. The summed E-state index contributed by atoms with van der Waals surface area (Å²) in [5, 5.41) is 12.0. The monoisotopic (exact) mass is 300 g/mol. The average molecular weight is 300 g/mol. The maximum atomic E-state index is 12.3. The lowest BCUT2D eigenvalue weighted by Gasteiger charge is -2.12. The molecule has 0 atom stereocenters. The molecular formula is C16H20N4O2. The molecule has 6 nitrogen and oxygen atoms in total. The van der Waals surface area contributed by atoms with Gasteiger partial charge in [-0.25, -0.2) is 4.68 Å². The van der Waals surface area contributed by atoms with Crippen molar-refractivity contribution in [1.82, 2.24) is 9.78 Å². The van der Waals surface area contributed by atoms with Crippen LogP contribution in [-0.4, -0.2) is 29.3 Å². The number of hydrogen-bond donors (Lipinski definition) is 2. The molecule has 0 saturated carbocycles. The zero-order chi connectivity index (χ0) is 16.3. The van der Waals surface area contributed by atoms with Gasteiger partial charge < -0.3 is 10.5 Å². The molecule has 0 saturated heterocycles. The molecule has 1 aromatic carbocycles. The number of aryl methyl sites for hydroxylation is 2. The first kappa shape index (κ1) is 15.9. The third kappa shape index (κ3) is 3.23. The normalized spacial score (nSPS) is 10.7. The second kappa shape index (κ2) is 6.53. The minimum atomic E-state index is -0.376. The van der Waals surface area contributed by atoms with E-state index >= 15 is 0 Å². The number of nitrogens with zero attached hydrogens (tertiary/aromatic N) is 2. The van der Waals surface area contributed by atoms with Gasteiger partial charge in [-0.2, -0.15) is 5.10 Å². The van der Waals surface area contributed by atoms with E-state index in [9.17, 15) is 4.79 Å². The van der Waals surface area contributed by atoms with Gasteiger partial charge in [-0.15, -0.1) is 0 Å². The molecule has 116 valence electrons. The van der Waals surface area contributed by atoms with Crippen molar-refractivity contribution in [3.63, 3.8) is 0 Å². The lowest BCUT2D eigenvalue weighted by atomic mass is 10.0. The van der Waals surface area contributed by atoms with E-state index < -0.39 is 0 Å². The Morgan fingerprint density at radius 1 is 1.36 bits per heavy atom. The topological polar surface area (TPSA) is 94.0 Å². The summed E-state index contributed by atoms with van der Waals surface area (Å²) in [7, 11) is 1.56. The minimum absolute atomic E-state index is 0.155. The van der Waals surface area contributed by atoms with Crippen LogP contribution in [0.25, 0.3) is 11.3 Å². The van der Waals surface area contributed by atoms with Crippen molar-refractivity contribution in [2.24, 2.45) is 5.73 Å². The largest absolute Gasteiger partial charge is 0.384 e. The molecule has 0 aliphatic rings. The minimum Gasteiger partial charge on any atom is -0.384 e. The molecule has 0 aliphatic carbocycles. The second-order valence-corrected chi connectivity index (χ2v) is 5.20. The van der Waals surface area contributed by atoms with E-state index in [0.29, 0.717) is 18.8 Å². The van der Waals surface area contributed by atoms with Crippen molar-refractivity contribution < 1.29 is 4.74 Å². The van der Waals surface area contributed by atoms with Crippen molar-refractivity contribution in [2.45, 2.75) is 20.4 Å². The SMILES string of the molecule is COCCn1nc(-c2cc(C)ccc2C)cc(C(=N)N)c1=O. The number of nitrogens with two attached hydrogens (primary N) is 1. The first-order chi connectivity index (χ1) is 10.4. The van der Waals surface area contributed by atoms with E-state index in [1.54, 1.807) is 13.2 Å². The van der Waals surface area contributed by atoms with Crippen molar-refractivity contribution in [3.8, 4) is 11.3 Å². The smallest absolute Gasteiger partial charge is 0.277 e. The van der Waals surface area contributed by atoms with Gasteiger partial charge in [-0.05, 0) is 31.5 Å². The van der Waals surface area contributed by atoms with E-state index in [1.165, 1.54) is 4.68 Å². The number of methoxy groups -OCH3 is 1. The average Bonchev–Trinajstić information content (AvgIpc) is 2.48. The second-order valence-electron chi connectivity index (χ2n) is 5.20. The number of aromatic nitrogens is 2. The predicted molar refractivity (Wildman–Crippen MR) is 86.3 cm³/mol. The van der Waals surface area contributed by atoms with Crippen LogP contribution in [0.3, 0.4) is 0 Å². The van der Waals surface area contributed by atoms with Gasteiger partial charge in [-0.3, -0.25) is 10.2 Å². The fraction of sp³-hybridized carbons (Fsp3) is 0.312. The van der Waals surface area contributed by atoms with Gasteiger partial charge in [0.25, 0.3) is 5.56 Å². The van der Waals surface area contributed by atoms with Crippen LogP contribution >= 0.6 is 0 Å². The molecule has 6 heteroatoms. The van der Waals surface area contributed by atoms with Gasteiger partial charge in [0, 0.05) is 12.7 Å². The first-order valence-corrected chi connectivity index (χ1v) is 6.97. The molecule has 0 radical (unpaired) electrons. The Balaban J connectivity index is 2.65. The van der Waals surface area contributed by atoms with Crippen LogP contribution in [0.1, 0.15) is 16.7 Å². The van der Waals surface area contributed by atoms with Crippen LogP contribution in [0.2, 0.25) is 0 Å². The number of ether oxygens (including phenoxy) is 1. The highest BCUT2D eigenvalue weighted by molar-refractivity contribution is 5.95. The van der Waals surface area contributed by atoms with Crippen LogP contribution < -0.4 is 11.3 Å². The Morgan fingerprint density at radius 3 is 2.73 bits per heavy atom. The summed E-state index contributed by atoms with van der Waals surface area (Å²) in [4.78, 5) is 12.3. The Labute approximate surface area is 129 Å². The van der Waals surface area contributed by atoms with Crippen molar-refractivity contribution in [2.75, 3.05) is 13.7 Å². The highest BCUT2D eigenvalue weighted by Gasteiger charge is 2.13. The summed E-state index contributed by atoms with van der Waals surface area (Å²) in [5.74, 6) is -0.259. The number of hydrogen-bond acceptors (Lipinski definition) is 4. The molecular weight excluding hydrogens is 280 g/mol. The number of rotatable bonds is 5. The Morgan fingerprint density at radius 2 is 2.09 bits per heavy atom. The summed E-state index contributed by atoms with van der Waals surface area (Å²) in [6, 6.07) is 7.61. The van der Waals surface area contributed by atoms with Gasteiger partial charge in [0.15, 0.2) is 0 Å². The van der Waals surface area contributed by atoms with E-state index in [0.717, 1.165) is 16.7 Å². The van der Waals surface area contributed by atoms with Crippen LogP contribution in [-0.2, 0) is 11.3 Å². The summed E-state index contributed by atoms with van der Waals surface area (Å²) < 4.78 is 6.31. The third-order valence-electron chi connectivity index (χ3n) is 3.44. The predicted octanol–water partition coefficient (Wildman–Crippen LogP) is 1.46. The Hall–Kier alpha value is -2.47. The lowest BCUT2D eigenvalue weighted by Crippen LogP contribution is -2.32. The molecule has 1 heterocycles. The van der Waals surface area contributed by atoms with E-state index in [4.69, 9.17) is 15.9 Å². The zero-order valence-electron chi connectivity index (χ0n) is 13.0. The molecule has 2 aromatic rings. The maximum absolute atomic E-state index is 12.3. The van der Waals surface area contributed by atoms with Gasteiger partial charge in [0.1, 0.15) is 5.84 Å². The molecule has 0 unspecified atom stereocenters. The van der Waals surface area contributed by atoms with Crippen LogP contribution in [0.15, 0.2) is 29.1 Å². The van der Waals surface area contributed by atoms with Gasteiger partial charge >= 0.3 is 0 Å². The van der Waals surface area contributed by atoms with Crippen molar-refractivity contribution in [1.29, 1.82) is 5.41 Å². The number of nitrogen functional groups attached to an aromatic ring is 1. The fourth-order valence-corrected chi connectivity index (χ4v) is 2.21. The van der Waals surface area contributed by atoms with Crippen molar-refractivity contribution >= 4 is 5.84 Å². The maximum Gasteiger partial charge on any atom is 0.277 e. The first-order valence-electron chi connectivity index (χ1n) is 6.97. The summed E-state index contributed by atoms with van der Waals surface area (Å²) >= 11 is 0. The fourth-order valence-electron chi connectivity index (χ4n) is 2.21. The van der Waals surface area contributed by atoms with Crippen LogP contribution in [0, 0.1) is 19.3 Å².